The van der Waals surface area contributed by atoms with E-state index in [2.05, 4.69) is 15.3 Å². The number of hydrogen-bond donors (Lipinski definition) is 0. The van der Waals surface area contributed by atoms with Gasteiger partial charge in [-0.2, -0.15) is 4.52 Å². The van der Waals surface area contributed by atoms with E-state index in [0.29, 0.717) is 5.02 Å². The monoisotopic (exact) mass is 280 g/mol. The molecule has 0 saturated carbocycles. The summed E-state index contributed by atoms with van der Waals surface area (Å²) in [5.74, 6) is 0. The van der Waals surface area contributed by atoms with Gasteiger partial charge < -0.3 is 0 Å². The number of benzene rings is 2. The molecule has 0 aliphatic heterocycles. The van der Waals surface area contributed by atoms with Crippen LogP contribution < -0.4 is 0 Å². The second-order valence-electron chi connectivity index (χ2n) is 4.49. The summed E-state index contributed by atoms with van der Waals surface area (Å²) in [5, 5.41) is 9.72. The van der Waals surface area contributed by atoms with Crippen LogP contribution in [0.15, 0.2) is 54.7 Å². The molecule has 2 aromatic carbocycles. The third kappa shape index (κ3) is 1.66. The predicted molar refractivity (Wildman–Crippen MR) is 78.7 cm³/mol. The third-order valence-corrected chi connectivity index (χ3v) is 3.48. The Labute approximate surface area is 119 Å². The largest absolute Gasteiger partial charge is 0.226 e. The van der Waals surface area contributed by atoms with Crippen molar-refractivity contribution in [1.29, 1.82) is 0 Å². The number of rotatable bonds is 1. The highest BCUT2D eigenvalue weighted by molar-refractivity contribution is 6.30. The normalized spacial score (nSPS) is 11.2. The van der Waals surface area contributed by atoms with Crippen molar-refractivity contribution in [3.05, 3.63) is 59.8 Å². The maximum Gasteiger partial charge on any atom is 0.176 e. The molecular weight excluding hydrogens is 272 g/mol. The minimum Gasteiger partial charge on any atom is -0.226 e. The lowest BCUT2D eigenvalue weighted by Crippen LogP contribution is -1.96. The molecule has 0 bridgehead atoms. The summed E-state index contributed by atoms with van der Waals surface area (Å²) in [6.07, 6.45) is 1.65. The van der Waals surface area contributed by atoms with Crippen LogP contribution in [0.5, 0.6) is 0 Å². The molecule has 20 heavy (non-hydrogen) atoms. The van der Waals surface area contributed by atoms with Crippen LogP contribution in [-0.4, -0.2) is 19.8 Å². The Bertz CT molecular complexity index is 929. The Morgan fingerprint density at radius 1 is 1.00 bits per heavy atom. The first kappa shape index (κ1) is 11.4. The molecule has 0 spiro atoms. The molecule has 4 nitrogen and oxygen atoms in total. The first-order valence-electron chi connectivity index (χ1n) is 6.18. The van der Waals surface area contributed by atoms with Crippen molar-refractivity contribution in [2.24, 2.45) is 0 Å². The van der Waals surface area contributed by atoms with Gasteiger partial charge in [0.25, 0.3) is 0 Å². The van der Waals surface area contributed by atoms with Crippen molar-refractivity contribution in [3.8, 4) is 11.3 Å². The minimum absolute atomic E-state index is 0.694. The highest BCUT2D eigenvalue weighted by Crippen LogP contribution is 2.28. The minimum atomic E-state index is 0.694. The van der Waals surface area contributed by atoms with Gasteiger partial charge in [0, 0.05) is 16.0 Å². The number of halogens is 1. The summed E-state index contributed by atoms with van der Waals surface area (Å²) in [7, 11) is 0. The third-order valence-electron chi connectivity index (χ3n) is 3.24. The summed E-state index contributed by atoms with van der Waals surface area (Å²) in [6, 6.07) is 15.7. The van der Waals surface area contributed by atoms with E-state index in [1.165, 1.54) is 0 Å². The molecule has 4 aromatic rings. The van der Waals surface area contributed by atoms with E-state index in [1.54, 1.807) is 10.7 Å². The molecule has 0 atom stereocenters. The second-order valence-corrected chi connectivity index (χ2v) is 4.93. The van der Waals surface area contributed by atoms with Crippen molar-refractivity contribution in [2.45, 2.75) is 0 Å². The van der Waals surface area contributed by atoms with E-state index < -0.39 is 0 Å². The fraction of sp³-hybridized carbons (Fsp3) is 0. The van der Waals surface area contributed by atoms with Gasteiger partial charge in [-0.25, -0.2) is 4.98 Å². The van der Waals surface area contributed by atoms with Gasteiger partial charge in [0.2, 0.25) is 0 Å². The highest BCUT2D eigenvalue weighted by atomic mass is 35.5. The van der Waals surface area contributed by atoms with Gasteiger partial charge in [-0.15, -0.1) is 5.10 Å². The molecule has 96 valence electrons. The number of aromatic nitrogens is 4. The zero-order valence-electron chi connectivity index (χ0n) is 10.4. The van der Waals surface area contributed by atoms with Crippen LogP contribution in [-0.2, 0) is 0 Å². The van der Waals surface area contributed by atoms with Crippen molar-refractivity contribution in [1.82, 2.24) is 19.8 Å². The molecule has 0 saturated heterocycles. The molecule has 0 aliphatic carbocycles. The molecule has 0 aliphatic rings. The lowest BCUT2D eigenvalue weighted by Gasteiger charge is -2.07. The van der Waals surface area contributed by atoms with E-state index in [1.807, 2.05) is 48.5 Å². The van der Waals surface area contributed by atoms with Gasteiger partial charge in [-0.1, -0.05) is 47.1 Å². The second kappa shape index (κ2) is 4.28. The zero-order chi connectivity index (χ0) is 13.5. The summed E-state index contributed by atoms with van der Waals surface area (Å²) in [6.45, 7) is 0. The first-order valence-corrected chi connectivity index (χ1v) is 6.56. The Morgan fingerprint density at radius 2 is 1.90 bits per heavy atom. The van der Waals surface area contributed by atoms with Gasteiger partial charge in [0.05, 0.1) is 17.4 Å². The fourth-order valence-corrected chi connectivity index (χ4v) is 2.56. The summed E-state index contributed by atoms with van der Waals surface area (Å²) >= 11 is 6.09. The smallest absolute Gasteiger partial charge is 0.176 e. The number of nitrogens with zero attached hydrogens (tertiary/aromatic N) is 4. The molecule has 2 aromatic heterocycles. The molecule has 4 rings (SSSR count). The van der Waals surface area contributed by atoms with Crippen LogP contribution in [0.3, 0.4) is 0 Å². The zero-order valence-corrected chi connectivity index (χ0v) is 11.1. The average Bonchev–Trinajstić information content (AvgIpc) is 2.95. The van der Waals surface area contributed by atoms with Gasteiger partial charge in [0.15, 0.2) is 5.65 Å². The van der Waals surface area contributed by atoms with Gasteiger partial charge in [-0.05, 0) is 18.2 Å². The van der Waals surface area contributed by atoms with Crippen molar-refractivity contribution >= 4 is 28.2 Å². The van der Waals surface area contributed by atoms with Crippen molar-refractivity contribution in [2.75, 3.05) is 0 Å². The topological polar surface area (TPSA) is 43.1 Å². The molecule has 2 heterocycles. The number of para-hydroxylation sites is 1. The maximum absolute atomic E-state index is 6.09. The van der Waals surface area contributed by atoms with Crippen LogP contribution in [0, 0.1) is 0 Å². The quantitative estimate of drug-likeness (QED) is 0.535. The van der Waals surface area contributed by atoms with E-state index in [9.17, 15) is 0 Å². The Balaban J connectivity index is 2.16. The lowest BCUT2D eigenvalue weighted by molar-refractivity contribution is 0.876. The van der Waals surface area contributed by atoms with Crippen LogP contribution in [0.4, 0.5) is 0 Å². The van der Waals surface area contributed by atoms with Gasteiger partial charge in [-0.3, -0.25) is 0 Å². The van der Waals surface area contributed by atoms with Gasteiger partial charge >= 0.3 is 0 Å². The molecule has 0 radical (unpaired) electrons. The predicted octanol–water partition coefficient (Wildman–Crippen LogP) is 3.60. The summed E-state index contributed by atoms with van der Waals surface area (Å²) < 4.78 is 1.74. The lowest BCUT2D eigenvalue weighted by atomic mass is 10.1. The molecule has 0 unspecified atom stereocenters. The van der Waals surface area contributed by atoms with E-state index >= 15 is 0 Å². The SMILES string of the molecule is Clc1cccc(-c2nc3cnnn3c3ccccc23)c1. The molecule has 0 fully saturated rings. The maximum atomic E-state index is 6.09. The Kier molecular flexibility index (Phi) is 2.44. The van der Waals surface area contributed by atoms with Crippen LogP contribution in [0.2, 0.25) is 5.02 Å². The summed E-state index contributed by atoms with van der Waals surface area (Å²) in [4.78, 5) is 4.65. The van der Waals surface area contributed by atoms with Crippen LogP contribution in [0.25, 0.3) is 27.8 Å². The molecule has 0 N–H and O–H groups in total. The number of hydrogen-bond acceptors (Lipinski definition) is 3. The Hall–Kier alpha value is -2.46. The van der Waals surface area contributed by atoms with Crippen molar-refractivity contribution in [3.63, 3.8) is 0 Å². The van der Waals surface area contributed by atoms with Crippen LogP contribution in [0.1, 0.15) is 0 Å². The molecular formula is C15H9ClN4. The van der Waals surface area contributed by atoms with E-state index in [0.717, 1.165) is 27.8 Å². The van der Waals surface area contributed by atoms with Crippen LogP contribution >= 0.6 is 11.6 Å². The highest BCUT2D eigenvalue weighted by Gasteiger charge is 2.10. The average molecular weight is 281 g/mol. The Morgan fingerprint density at radius 3 is 2.80 bits per heavy atom. The van der Waals surface area contributed by atoms with E-state index in [4.69, 9.17) is 11.6 Å². The fourth-order valence-electron chi connectivity index (χ4n) is 2.37. The standard InChI is InChI=1S/C15H9ClN4/c16-11-5-3-4-10(8-11)15-12-6-1-2-7-13(12)20-14(18-15)9-17-19-20/h1-9H. The first-order chi connectivity index (χ1) is 9.83. The summed E-state index contributed by atoms with van der Waals surface area (Å²) in [5.41, 5.74) is 3.57. The van der Waals surface area contributed by atoms with E-state index in [-0.39, 0.29) is 0 Å². The van der Waals surface area contributed by atoms with Crippen molar-refractivity contribution < 1.29 is 0 Å². The molecule has 5 heteroatoms. The molecule has 0 amide bonds. The number of fused-ring (bicyclic) bond motifs is 3. The van der Waals surface area contributed by atoms with Gasteiger partial charge in [0.1, 0.15) is 0 Å².